The van der Waals surface area contributed by atoms with E-state index in [-0.39, 0.29) is 23.1 Å². The van der Waals surface area contributed by atoms with E-state index in [4.69, 9.17) is 4.74 Å². The van der Waals surface area contributed by atoms with Crippen LogP contribution in [0.3, 0.4) is 0 Å². The number of unbranched alkanes of at least 4 members (excludes halogenated alkanes) is 2. The lowest BCUT2D eigenvalue weighted by Crippen LogP contribution is -2.12. The van der Waals surface area contributed by atoms with Crippen molar-refractivity contribution in [2.75, 3.05) is 6.61 Å². The van der Waals surface area contributed by atoms with Crippen molar-refractivity contribution in [1.29, 1.82) is 0 Å². The van der Waals surface area contributed by atoms with Gasteiger partial charge in [0.25, 0.3) is 0 Å². The number of aliphatic imine (C=N–C) groups is 1. The Kier molecular flexibility index (Phi) is 6.73. The number of carbonyl (C=O) groups is 2. The Labute approximate surface area is 142 Å². The first kappa shape index (κ1) is 17.9. The fourth-order valence-corrected chi connectivity index (χ4v) is 2.42. The van der Waals surface area contributed by atoms with Crippen LogP contribution >= 0.6 is 0 Å². The molecule has 0 spiro atoms. The smallest absolute Gasteiger partial charge is 0.338 e. The van der Waals surface area contributed by atoms with Crippen LogP contribution < -0.4 is 0 Å². The Bertz CT molecular complexity index is 644. The lowest BCUT2D eigenvalue weighted by atomic mass is 9.97. The summed E-state index contributed by atoms with van der Waals surface area (Å²) in [6.07, 6.45) is 6.02. The molecule has 0 aromatic heterocycles. The van der Waals surface area contributed by atoms with E-state index in [1.807, 2.05) is 0 Å². The van der Waals surface area contributed by atoms with Crippen LogP contribution in [0.4, 0.5) is 5.69 Å². The maximum Gasteiger partial charge on any atom is 0.338 e. The summed E-state index contributed by atoms with van der Waals surface area (Å²) in [7, 11) is 0. The van der Waals surface area contributed by atoms with Crippen molar-refractivity contribution in [2.45, 2.75) is 45.4 Å². The van der Waals surface area contributed by atoms with E-state index >= 15 is 0 Å². The second kappa shape index (κ2) is 9.01. The van der Waals surface area contributed by atoms with Gasteiger partial charge in [-0.3, -0.25) is 9.79 Å². The number of ether oxygens (including phenoxy) is 1. The molecule has 5 nitrogen and oxygen atoms in total. The van der Waals surface area contributed by atoms with Crippen LogP contribution in [0.2, 0.25) is 0 Å². The number of nitrogens with zero attached hydrogens (tertiary/aromatic N) is 1. The molecule has 1 aliphatic rings. The highest BCUT2D eigenvalue weighted by atomic mass is 16.5. The molecule has 128 valence electrons. The van der Waals surface area contributed by atoms with Crippen molar-refractivity contribution in [2.24, 2.45) is 4.99 Å². The molecule has 5 heteroatoms. The van der Waals surface area contributed by atoms with E-state index in [1.54, 1.807) is 24.3 Å². The van der Waals surface area contributed by atoms with Crippen molar-refractivity contribution in [3.8, 4) is 0 Å². The largest absolute Gasteiger partial charge is 0.512 e. The summed E-state index contributed by atoms with van der Waals surface area (Å²) in [5.74, 6) is -0.332. The lowest BCUT2D eigenvalue weighted by Gasteiger charge is -2.11. The summed E-state index contributed by atoms with van der Waals surface area (Å²) in [6, 6.07) is 6.66. The van der Waals surface area contributed by atoms with Crippen LogP contribution in [0.25, 0.3) is 0 Å². The Hall–Kier alpha value is -2.43. The number of Topliss-reactive ketones (excluding diaryl/α,β-unsaturated/α-hetero) is 1. The Balaban J connectivity index is 1.95. The molecule has 0 fully saturated rings. The first-order valence-corrected chi connectivity index (χ1v) is 8.38. The van der Waals surface area contributed by atoms with Gasteiger partial charge in [0.15, 0.2) is 5.78 Å². The van der Waals surface area contributed by atoms with Gasteiger partial charge in [-0.2, -0.15) is 0 Å². The second-order valence-electron chi connectivity index (χ2n) is 5.79. The summed E-state index contributed by atoms with van der Waals surface area (Å²) < 4.78 is 5.19. The third-order valence-electron chi connectivity index (χ3n) is 3.86. The highest BCUT2D eigenvalue weighted by Gasteiger charge is 2.18. The number of hydrogen-bond donors (Lipinski definition) is 1. The van der Waals surface area contributed by atoms with Crippen molar-refractivity contribution >= 4 is 23.7 Å². The number of hydrogen-bond acceptors (Lipinski definition) is 5. The molecule has 0 bridgehead atoms. The molecule has 1 aromatic rings. The van der Waals surface area contributed by atoms with Crippen LogP contribution in [-0.2, 0) is 9.53 Å². The highest BCUT2D eigenvalue weighted by molar-refractivity contribution is 6.14. The van der Waals surface area contributed by atoms with E-state index in [9.17, 15) is 14.7 Å². The normalized spacial score (nSPS) is 15.1. The summed E-state index contributed by atoms with van der Waals surface area (Å²) in [6.45, 7) is 2.53. The minimum atomic E-state index is -0.343. The van der Waals surface area contributed by atoms with E-state index in [0.29, 0.717) is 37.1 Å². The van der Waals surface area contributed by atoms with Gasteiger partial charge in [-0.25, -0.2) is 4.79 Å². The van der Waals surface area contributed by atoms with Crippen molar-refractivity contribution in [1.82, 2.24) is 0 Å². The highest BCUT2D eigenvalue weighted by Crippen LogP contribution is 2.20. The van der Waals surface area contributed by atoms with Crippen LogP contribution in [0, 0.1) is 0 Å². The first-order valence-electron chi connectivity index (χ1n) is 8.38. The van der Waals surface area contributed by atoms with Gasteiger partial charge >= 0.3 is 5.97 Å². The zero-order valence-electron chi connectivity index (χ0n) is 14.0. The van der Waals surface area contributed by atoms with Gasteiger partial charge in [0.1, 0.15) is 5.76 Å². The summed E-state index contributed by atoms with van der Waals surface area (Å²) in [5, 5.41) is 9.76. The standard InChI is InChI=1S/C19H23NO4/c1-2-3-4-12-24-19(23)14-8-10-15(11-9-14)20-13-16-17(21)6-5-7-18(16)22/h8-11,13,21H,2-7,12H2,1H3. The fraction of sp³-hybridized carbons (Fsp3) is 0.421. The molecule has 0 saturated carbocycles. The Morgan fingerprint density at radius 1 is 1.25 bits per heavy atom. The number of benzene rings is 1. The van der Waals surface area contributed by atoms with Crippen LogP contribution in [0.5, 0.6) is 0 Å². The third kappa shape index (κ3) is 5.05. The van der Waals surface area contributed by atoms with Gasteiger partial charge in [0.05, 0.1) is 23.4 Å². The topological polar surface area (TPSA) is 76.0 Å². The average Bonchev–Trinajstić information content (AvgIpc) is 2.58. The number of ketones is 1. The summed E-state index contributed by atoms with van der Waals surface area (Å²) >= 11 is 0. The molecule has 0 aliphatic heterocycles. The predicted octanol–water partition coefficient (Wildman–Crippen LogP) is 4.30. The van der Waals surface area contributed by atoms with Crippen molar-refractivity contribution in [3.63, 3.8) is 0 Å². The van der Waals surface area contributed by atoms with Gasteiger partial charge in [-0.1, -0.05) is 19.8 Å². The molecule has 0 radical (unpaired) electrons. The predicted molar refractivity (Wildman–Crippen MR) is 92.9 cm³/mol. The first-order chi connectivity index (χ1) is 11.6. The van der Waals surface area contributed by atoms with E-state index in [2.05, 4.69) is 11.9 Å². The zero-order valence-corrected chi connectivity index (χ0v) is 14.0. The van der Waals surface area contributed by atoms with Crippen LogP contribution in [0.1, 0.15) is 55.8 Å². The van der Waals surface area contributed by atoms with Crippen LogP contribution in [-0.4, -0.2) is 29.7 Å². The number of aliphatic hydroxyl groups is 1. The fourth-order valence-electron chi connectivity index (χ4n) is 2.42. The Morgan fingerprint density at radius 3 is 2.67 bits per heavy atom. The van der Waals surface area contributed by atoms with Gasteiger partial charge in [-0.15, -0.1) is 0 Å². The molecular formula is C19H23NO4. The average molecular weight is 329 g/mol. The van der Waals surface area contributed by atoms with Gasteiger partial charge < -0.3 is 9.84 Å². The third-order valence-corrected chi connectivity index (χ3v) is 3.86. The van der Waals surface area contributed by atoms with E-state index in [0.717, 1.165) is 19.3 Å². The maximum absolute atomic E-state index is 11.9. The Morgan fingerprint density at radius 2 is 2.00 bits per heavy atom. The maximum atomic E-state index is 11.9. The molecule has 24 heavy (non-hydrogen) atoms. The molecule has 0 heterocycles. The molecule has 1 aliphatic carbocycles. The van der Waals surface area contributed by atoms with Crippen molar-refractivity contribution < 1.29 is 19.4 Å². The molecular weight excluding hydrogens is 306 g/mol. The summed E-state index contributed by atoms with van der Waals surface area (Å²) in [5.41, 5.74) is 1.36. The molecule has 2 rings (SSSR count). The van der Waals surface area contributed by atoms with Gasteiger partial charge in [0.2, 0.25) is 0 Å². The van der Waals surface area contributed by atoms with E-state index < -0.39 is 0 Å². The number of allylic oxidation sites excluding steroid dienone is 2. The zero-order chi connectivity index (χ0) is 17.4. The van der Waals surface area contributed by atoms with E-state index in [1.165, 1.54) is 6.21 Å². The molecule has 0 saturated heterocycles. The SMILES string of the molecule is CCCCCOC(=O)c1ccc(N=CC2=C(O)CCCC2=O)cc1. The molecule has 0 unspecified atom stereocenters. The molecule has 1 aromatic carbocycles. The minimum absolute atomic E-state index is 0.0882. The molecule has 0 atom stereocenters. The van der Waals surface area contributed by atoms with Gasteiger partial charge in [-0.05, 0) is 37.1 Å². The summed E-state index contributed by atoms with van der Waals surface area (Å²) in [4.78, 5) is 27.8. The lowest BCUT2D eigenvalue weighted by molar-refractivity contribution is -0.115. The monoisotopic (exact) mass is 329 g/mol. The quantitative estimate of drug-likeness (QED) is 0.460. The number of carbonyl (C=O) groups excluding carboxylic acids is 2. The van der Waals surface area contributed by atoms with Gasteiger partial charge in [0, 0.05) is 19.1 Å². The number of esters is 1. The van der Waals surface area contributed by atoms with Crippen molar-refractivity contribution in [3.05, 3.63) is 41.2 Å². The second-order valence-corrected chi connectivity index (χ2v) is 5.79. The molecule has 1 N–H and O–H groups in total. The number of rotatable bonds is 7. The molecule has 0 amide bonds. The number of aliphatic hydroxyl groups excluding tert-OH is 1. The minimum Gasteiger partial charge on any atom is -0.512 e. The van der Waals surface area contributed by atoms with Crippen LogP contribution in [0.15, 0.2) is 40.6 Å².